The van der Waals surface area contributed by atoms with E-state index in [1.165, 1.54) is 0 Å². The van der Waals surface area contributed by atoms with E-state index in [9.17, 15) is 0 Å². The summed E-state index contributed by atoms with van der Waals surface area (Å²) in [6.07, 6.45) is 1.62. The molecule has 1 aromatic heterocycles. The summed E-state index contributed by atoms with van der Waals surface area (Å²) in [5.41, 5.74) is 6.17. The summed E-state index contributed by atoms with van der Waals surface area (Å²) in [6, 6.07) is 3.85. The minimum atomic E-state index is 0.211. The van der Waals surface area contributed by atoms with Crippen molar-refractivity contribution in [3.63, 3.8) is 0 Å². The summed E-state index contributed by atoms with van der Waals surface area (Å²) in [6.45, 7) is 3.25. The van der Waals surface area contributed by atoms with Crippen LogP contribution in [0.3, 0.4) is 0 Å². The van der Waals surface area contributed by atoms with Crippen molar-refractivity contribution in [3.05, 3.63) is 18.0 Å². The summed E-state index contributed by atoms with van der Waals surface area (Å²) in [5, 5.41) is 8.83. The Hall–Kier alpha value is -1.71. The molecule has 0 amide bonds. The van der Waals surface area contributed by atoms with Gasteiger partial charge in [-0.1, -0.05) is 0 Å². The highest BCUT2D eigenvalue weighted by molar-refractivity contribution is 5.36. The van der Waals surface area contributed by atoms with Crippen LogP contribution in [-0.4, -0.2) is 54.1 Å². The molecule has 0 aliphatic carbocycles. The first-order valence-corrected chi connectivity index (χ1v) is 5.63. The predicted octanol–water partition coefficient (Wildman–Crippen LogP) is -0.573. The Balaban J connectivity index is 2.22. The molecule has 6 nitrogen and oxygen atoms in total. The fourth-order valence-corrected chi connectivity index (χ4v) is 2.02. The van der Waals surface area contributed by atoms with Gasteiger partial charge in [-0.25, -0.2) is 9.97 Å². The van der Waals surface area contributed by atoms with Crippen LogP contribution in [0.15, 0.2) is 12.3 Å². The zero-order valence-corrected chi connectivity index (χ0v) is 9.87. The maximum Gasteiger partial charge on any atom is 0.226 e. The monoisotopic (exact) mass is 232 g/mol. The molecule has 0 aromatic carbocycles. The smallest absolute Gasteiger partial charge is 0.226 e. The van der Waals surface area contributed by atoms with Crippen molar-refractivity contribution in [2.24, 2.45) is 5.73 Å². The molecule has 1 fully saturated rings. The number of hydrogen-bond acceptors (Lipinski definition) is 6. The van der Waals surface area contributed by atoms with Crippen LogP contribution >= 0.6 is 0 Å². The molecule has 17 heavy (non-hydrogen) atoms. The molecule has 2 rings (SSSR count). The molecule has 1 unspecified atom stereocenters. The second kappa shape index (κ2) is 5.08. The van der Waals surface area contributed by atoms with Gasteiger partial charge < -0.3 is 15.5 Å². The average molecular weight is 232 g/mol. The van der Waals surface area contributed by atoms with Gasteiger partial charge in [0.2, 0.25) is 5.95 Å². The fourth-order valence-electron chi connectivity index (χ4n) is 2.02. The SMILES string of the molecule is CN1CCN(c2nccc(C#N)n2)C(CN)C1. The second-order valence-corrected chi connectivity index (χ2v) is 4.20. The van der Waals surface area contributed by atoms with Crippen LogP contribution in [0, 0.1) is 11.3 Å². The standard InChI is InChI=1S/C11H16N6/c1-16-4-5-17(10(7-13)8-16)11-14-3-2-9(6-12)15-11/h2-3,10H,4-5,7-8,13H2,1H3. The van der Waals surface area contributed by atoms with Gasteiger partial charge in [-0.3, -0.25) is 0 Å². The van der Waals surface area contributed by atoms with Gasteiger partial charge in [0, 0.05) is 32.4 Å². The first-order valence-electron chi connectivity index (χ1n) is 5.63. The highest BCUT2D eigenvalue weighted by atomic mass is 15.3. The molecule has 90 valence electrons. The summed E-state index contributed by atoms with van der Waals surface area (Å²) in [5.74, 6) is 0.604. The van der Waals surface area contributed by atoms with Crippen LogP contribution in [0.2, 0.25) is 0 Å². The van der Waals surface area contributed by atoms with Crippen molar-refractivity contribution in [1.82, 2.24) is 14.9 Å². The van der Waals surface area contributed by atoms with Crippen LogP contribution in [0.5, 0.6) is 0 Å². The van der Waals surface area contributed by atoms with Crippen molar-refractivity contribution in [1.29, 1.82) is 5.26 Å². The molecule has 1 aliphatic heterocycles. The highest BCUT2D eigenvalue weighted by Gasteiger charge is 2.26. The molecule has 6 heteroatoms. The van der Waals surface area contributed by atoms with E-state index in [0.717, 1.165) is 19.6 Å². The molecule has 1 aliphatic rings. The molecule has 0 bridgehead atoms. The second-order valence-electron chi connectivity index (χ2n) is 4.20. The van der Waals surface area contributed by atoms with Crippen molar-refractivity contribution >= 4 is 5.95 Å². The molecule has 0 radical (unpaired) electrons. The largest absolute Gasteiger partial charge is 0.334 e. The van der Waals surface area contributed by atoms with Gasteiger partial charge in [0.25, 0.3) is 0 Å². The zero-order valence-electron chi connectivity index (χ0n) is 9.87. The van der Waals surface area contributed by atoms with Gasteiger partial charge in [-0.15, -0.1) is 0 Å². The lowest BCUT2D eigenvalue weighted by molar-refractivity contribution is 0.267. The molecule has 2 N–H and O–H groups in total. The van der Waals surface area contributed by atoms with Gasteiger partial charge in [0.1, 0.15) is 11.8 Å². The van der Waals surface area contributed by atoms with Crippen LogP contribution in [-0.2, 0) is 0 Å². The van der Waals surface area contributed by atoms with Crippen LogP contribution in [0.25, 0.3) is 0 Å². The number of aromatic nitrogens is 2. The van der Waals surface area contributed by atoms with Crippen LogP contribution in [0.4, 0.5) is 5.95 Å². The van der Waals surface area contributed by atoms with Crippen molar-refractivity contribution in [3.8, 4) is 6.07 Å². The van der Waals surface area contributed by atoms with Crippen LogP contribution < -0.4 is 10.6 Å². The van der Waals surface area contributed by atoms with Gasteiger partial charge in [-0.05, 0) is 13.1 Å². The minimum absolute atomic E-state index is 0.211. The Kier molecular flexibility index (Phi) is 3.52. The topological polar surface area (TPSA) is 82.1 Å². The van der Waals surface area contributed by atoms with E-state index in [-0.39, 0.29) is 6.04 Å². The van der Waals surface area contributed by atoms with E-state index in [1.54, 1.807) is 12.3 Å². The third-order valence-corrected chi connectivity index (χ3v) is 2.97. The first-order chi connectivity index (χ1) is 8.24. The number of nitriles is 1. The lowest BCUT2D eigenvalue weighted by atomic mass is 10.2. The average Bonchev–Trinajstić information content (AvgIpc) is 2.38. The Labute approximate surface area is 101 Å². The molecular weight excluding hydrogens is 216 g/mol. The highest BCUT2D eigenvalue weighted by Crippen LogP contribution is 2.15. The first kappa shape index (κ1) is 11.8. The van der Waals surface area contributed by atoms with Gasteiger partial charge in [0.05, 0.1) is 6.04 Å². The number of anilines is 1. The van der Waals surface area contributed by atoms with Crippen molar-refractivity contribution in [2.45, 2.75) is 6.04 Å². The number of piperazine rings is 1. The number of rotatable bonds is 2. The number of nitrogens with zero attached hydrogens (tertiary/aromatic N) is 5. The van der Waals surface area contributed by atoms with E-state index in [4.69, 9.17) is 11.0 Å². The summed E-state index contributed by atoms with van der Waals surface area (Å²) in [7, 11) is 2.08. The minimum Gasteiger partial charge on any atom is -0.334 e. The number of hydrogen-bond donors (Lipinski definition) is 1. The Bertz CT molecular complexity index is 426. The third kappa shape index (κ3) is 2.52. The summed E-state index contributed by atoms with van der Waals surface area (Å²) < 4.78 is 0. The van der Waals surface area contributed by atoms with Crippen LogP contribution in [0.1, 0.15) is 5.69 Å². The van der Waals surface area contributed by atoms with Crippen molar-refractivity contribution < 1.29 is 0 Å². The predicted molar refractivity (Wildman–Crippen MR) is 64.4 cm³/mol. The summed E-state index contributed by atoms with van der Waals surface area (Å²) >= 11 is 0. The Morgan fingerprint density at radius 3 is 3.12 bits per heavy atom. The maximum atomic E-state index is 8.83. The molecule has 0 spiro atoms. The quantitative estimate of drug-likeness (QED) is 0.735. The zero-order chi connectivity index (χ0) is 12.3. The Morgan fingerprint density at radius 2 is 2.41 bits per heavy atom. The lowest BCUT2D eigenvalue weighted by Crippen LogP contribution is -2.55. The van der Waals surface area contributed by atoms with Gasteiger partial charge in [-0.2, -0.15) is 5.26 Å². The maximum absolute atomic E-state index is 8.83. The van der Waals surface area contributed by atoms with Gasteiger partial charge >= 0.3 is 0 Å². The molecule has 1 aromatic rings. The Morgan fingerprint density at radius 1 is 1.59 bits per heavy atom. The summed E-state index contributed by atoms with van der Waals surface area (Å²) in [4.78, 5) is 12.8. The fraction of sp³-hybridized carbons (Fsp3) is 0.545. The van der Waals surface area contributed by atoms with Crippen molar-refractivity contribution in [2.75, 3.05) is 38.1 Å². The number of nitrogens with two attached hydrogens (primary N) is 1. The lowest BCUT2D eigenvalue weighted by Gasteiger charge is -2.39. The molecule has 1 atom stereocenters. The molecule has 1 saturated heterocycles. The number of likely N-dealkylation sites (N-methyl/N-ethyl adjacent to an activating group) is 1. The molecule has 0 saturated carbocycles. The molecule has 2 heterocycles. The van der Waals surface area contributed by atoms with E-state index >= 15 is 0 Å². The van der Waals surface area contributed by atoms with E-state index < -0.39 is 0 Å². The third-order valence-electron chi connectivity index (χ3n) is 2.97. The normalized spacial score (nSPS) is 21.2. The van der Waals surface area contributed by atoms with E-state index in [2.05, 4.69) is 26.8 Å². The van der Waals surface area contributed by atoms with E-state index in [1.807, 2.05) is 6.07 Å². The van der Waals surface area contributed by atoms with E-state index in [0.29, 0.717) is 18.2 Å². The molecular formula is C11H16N6. The van der Waals surface area contributed by atoms with Gasteiger partial charge in [0.15, 0.2) is 0 Å².